The molecule has 0 bridgehead atoms. The lowest BCUT2D eigenvalue weighted by molar-refractivity contribution is -0.142. The molecular formula is C21H19ClF3N3O2. The molecule has 9 heteroatoms. The van der Waals surface area contributed by atoms with Crippen LogP contribution in [0.25, 0.3) is 11.0 Å². The van der Waals surface area contributed by atoms with Gasteiger partial charge in [0.1, 0.15) is 6.04 Å². The molecule has 0 saturated carbocycles. The molecule has 1 N–H and O–H groups in total. The standard InChI is InChI=1S/C21H19ClF3N3O2/c1-10-8-16-17(9-11(10)2)28(20(30)18(26-16)21(23,24)25)13(4)19(29)27-15-7-5-6-14(22)12(15)3/h5-9,13H,1-4H3,(H,27,29). The highest BCUT2D eigenvalue weighted by Gasteiger charge is 2.38. The van der Waals surface area contributed by atoms with Crippen LogP contribution in [-0.4, -0.2) is 15.5 Å². The number of carbonyl (C=O) groups excluding carboxylic acids is 1. The number of rotatable bonds is 3. The summed E-state index contributed by atoms with van der Waals surface area (Å²) in [5.41, 5.74) is -0.288. The zero-order valence-electron chi connectivity index (χ0n) is 16.7. The van der Waals surface area contributed by atoms with Gasteiger partial charge in [0.15, 0.2) is 0 Å². The third-order valence-corrected chi connectivity index (χ3v) is 5.47. The zero-order valence-corrected chi connectivity index (χ0v) is 17.4. The average molecular weight is 438 g/mol. The molecule has 1 heterocycles. The molecule has 0 aliphatic heterocycles. The maximum atomic E-state index is 13.5. The topological polar surface area (TPSA) is 64.0 Å². The van der Waals surface area contributed by atoms with E-state index in [0.29, 0.717) is 16.3 Å². The first-order chi connectivity index (χ1) is 13.9. The number of alkyl halides is 3. The van der Waals surface area contributed by atoms with E-state index in [-0.39, 0.29) is 11.0 Å². The minimum atomic E-state index is -4.95. The van der Waals surface area contributed by atoms with E-state index in [0.717, 1.165) is 15.7 Å². The Bertz CT molecular complexity index is 1220. The minimum Gasteiger partial charge on any atom is -0.324 e. The van der Waals surface area contributed by atoms with Crippen LogP contribution < -0.4 is 10.9 Å². The van der Waals surface area contributed by atoms with Crippen molar-refractivity contribution in [1.29, 1.82) is 0 Å². The van der Waals surface area contributed by atoms with Crippen LogP contribution in [-0.2, 0) is 11.0 Å². The summed E-state index contributed by atoms with van der Waals surface area (Å²) < 4.78 is 41.2. The highest BCUT2D eigenvalue weighted by atomic mass is 35.5. The van der Waals surface area contributed by atoms with Gasteiger partial charge in [-0.05, 0) is 68.7 Å². The van der Waals surface area contributed by atoms with Gasteiger partial charge >= 0.3 is 6.18 Å². The smallest absolute Gasteiger partial charge is 0.324 e. The van der Waals surface area contributed by atoms with Crippen LogP contribution in [0.15, 0.2) is 35.1 Å². The number of carbonyl (C=O) groups is 1. The van der Waals surface area contributed by atoms with E-state index < -0.39 is 29.4 Å². The zero-order chi connectivity index (χ0) is 22.4. The monoisotopic (exact) mass is 437 g/mol. The van der Waals surface area contributed by atoms with Crippen LogP contribution in [0.4, 0.5) is 18.9 Å². The molecule has 158 valence electrons. The Kier molecular flexibility index (Phi) is 5.64. The van der Waals surface area contributed by atoms with E-state index in [1.165, 1.54) is 13.0 Å². The second kappa shape index (κ2) is 7.75. The Hall–Kier alpha value is -2.87. The Morgan fingerprint density at radius 2 is 1.80 bits per heavy atom. The maximum absolute atomic E-state index is 13.5. The fourth-order valence-corrected chi connectivity index (χ4v) is 3.30. The average Bonchev–Trinajstić information content (AvgIpc) is 2.65. The second-order valence-corrected chi connectivity index (χ2v) is 7.54. The van der Waals surface area contributed by atoms with Crippen LogP contribution in [0.1, 0.15) is 35.3 Å². The van der Waals surface area contributed by atoms with Gasteiger partial charge < -0.3 is 5.32 Å². The van der Waals surface area contributed by atoms with Crippen LogP contribution in [0.2, 0.25) is 5.02 Å². The van der Waals surface area contributed by atoms with E-state index >= 15 is 0 Å². The summed E-state index contributed by atoms with van der Waals surface area (Å²) in [6, 6.07) is 6.71. The van der Waals surface area contributed by atoms with Crippen molar-refractivity contribution < 1.29 is 18.0 Å². The molecule has 5 nitrogen and oxygen atoms in total. The normalized spacial score (nSPS) is 12.8. The summed E-state index contributed by atoms with van der Waals surface area (Å²) in [5.74, 6) is -0.652. The fraction of sp³-hybridized carbons (Fsp3) is 0.286. The Morgan fingerprint density at radius 3 is 2.43 bits per heavy atom. The third-order valence-electron chi connectivity index (χ3n) is 5.06. The molecule has 1 aromatic heterocycles. The molecule has 0 aliphatic carbocycles. The lowest BCUT2D eigenvalue weighted by atomic mass is 10.1. The van der Waals surface area contributed by atoms with E-state index in [9.17, 15) is 22.8 Å². The van der Waals surface area contributed by atoms with Crippen molar-refractivity contribution >= 4 is 34.2 Å². The number of aromatic nitrogens is 2. The van der Waals surface area contributed by atoms with Gasteiger partial charge in [0, 0.05) is 10.7 Å². The van der Waals surface area contributed by atoms with E-state index in [1.807, 2.05) is 0 Å². The van der Waals surface area contributed by atoms with Crippen LogP contribution in [0.5, 0.6) is 0 Å². The Labute approximate surface area is 175 Å². The number of nitrogens with zero attached hydrogens (tertiary/aromatic N) is 2. The van der Waals surface area contributed by atoms with Gasteiger partial charge in [-0.3, -0.25) is 14.2 Å². The van der Waals surface area contributed by atoms with Gasteiger partial charge in [0.2, 0.25) is 11.6 Å². The Morgan fingerprint density at radius 1 is 1.17 bits per heavy atom. The molecule has 1 unspecified atom stereocenters. The highest BCUT2D eigenvalue weighted by molar-refractivity contribution is 6.31. The fourth-order valence-electron chi connectivity index (χ4n) is 3.13. The van der Waals surface area contributed by atoms with Crippen LogP contribution in [0, 0.1) is 20.8 Å². The molecule has 0 radical (unpaired) electrons. The lowest BCUT2D eigenvalue weighted by Crippen LogP contribution is -2.36. The van der Waals surface area contributed by atoms with Gasteiger partial charge in [-0.1, -0.05) is 17.7 Å². The van der Waals surface area contributed by atoms with Gasteiger partial charge in [-0.25, -0.2) is 4.98 Å². The number of hydrogen-bond acceptors (Lipinski definition) is 3. The maximum Gasteiger partial charge on any atom is 0.438 e. The molecule has 0 fully saturated rings. The molecule has 30 heavy (non-hydrogen) atoms. The molecule has 0 spiro atoms. The first kappa shape index (κ1) is 21.8. The van der Waals surface area contributed by atoms with Crippen molar-refractivity contribution in [2.24, 2.45) is 0 Å². The van der Waals surface area contributed by atoms with Crippen LogP contribution in [0.3, 0.4) is 0 Å². The number of aryl methyl sites for hydroxylation is 2. The predicted molar refractivity (Wildman–Crippen MR) is 110 cm³/mol. The molecule has 0 aliphatic rings. The van der Waals surface area contributed by atoms with Crippen molar-refractivity contribution in [1.82, 2.24) is 9.55 Å². The quantitative estimate of drug-likeness (QED) is 0.613. The third kappa shape index (κ3) is 3.92. The van der Waals surface area contributed by atoms with Crippen molar-refractivity contribution in [2.75, 3.05) is 5.32 Å². The summed E-state index contributed by atoms with van der Waals surface area (Å²) in [6.07, 6.45) is -4.95. The summed E-state index contributed by atoms with van der Waals surface area (Å²) in [7, 11) is 0. The van der Waals surface area contributed by atoms with E-state index in [4.69, 9.17) is 11.6 Å². The highest BCUT2D eigenvalue weighted by Crippen LogP contribution is 2.29. The van der Waals surface area contributed by atoms with Gasteiger partial charge in [0.05, 0.1) is 11.0 Å². The molecule has 0 saturated heterocycles. The largest absolute Gasteiger partial charge is 0.438 e. The summed E-state index contributed by atoms with van der Waals surface area (Å²) >= 11 is 6.06. The van der Waals surface area contributed by atoms with Gasteiger partial charge in [-0.2, -0.15) is 13.2 Å². The number of benzene rings is 2. The second-order valence-electron chi connectivity index (χ2n) is 7.14. The molecular weight excluding hydrogens is 419 g/mol. The molecule has 3 rings (SSSR count). The summed E-state index contributed by atoms with van der Waals surface area (Å²) in [6.45, 7) is 6.56. The van der Waals surface area contributed by atoms with Crippen LogP contribution >= 0.6 is 11.6 Å². The summed E-state index contributed by atoms with van der Waals surface area (Å²) in [4.78, 5) is 29.1. The van der Waals surface area contributed by atoms with Crippen molar-refractivity contribution in [2.45, 2.75) is 39.9 Å². The number of halogens is 4. The number of nitrogens with one attached hydrogen (secondary N) is 1. The predicted octanol–water partition coefficient (Wildman–Crippen LogP) is 5.19. The molecule has 1 atom stereocenters. The van der Waals surface area contributed by atoms with Gasteiger partial charge in [0.25, 0.3) is 5.56 Å². The minimum absolute atomic E-state index is 0.0105. The van der Waals surface area contributed by atoms with E-state index in [2.05, 4.69) is 10.3 Å². The van der Waals surface area contributed by atoms with E-state index in [1.54, 1.807) is 45.0 Å². The number of hydrogen-bond donors (Lipinski definition) is 1. The van der Waals surface area contributed by atoms with Crippen molar-refractivity contribution in [3.63, 3.8) is 0 Å². The number of anilines is 1. The van der Waals surface area contributed by atoms with Crippen molar-refractivity contribution in [3.8, 4) is 0 Å². The summed E-state index contributed by atoms with van der Waals surface area (Å²) in [5, 5.41) is 3.07. The van der Waals surface area contributed by atoms with Crippen molar-refractivity contribution in [3.05, 3.63) is 68.1 Å². The first-order valence-electron chi connectivity index (χ1n) is 9.08. The molecule has 2 aromatic carbocycles. The van der Waals surface area contributed by atoms with Gasteiger partial charge in [-0.15, -0.1) is 0 Å². The first-order valence-corrected chi connectivity index (χ1v) is 9.46. The Balaban J connectivity index is 2.18. The number of fused-ring (bicyclic) bond motifs is 1. The molecule has 3 aromatic rings. The molecule has 1 amide bonds. The lowest BCUT2D eigenvalue weighted by Gasteiger charge is -2.20. The SMILES string of the molecule is Cc1cc2nc(C(F)(F)F)c(=O)n(C(C)C(=O)Nc3cccc(Cl)c3C)c2cc1C. The number of amides is 1.